The normalized spacial score (nSPS) is 13.0. The summed E-state index contributed by atoms with van der Waals surface area (Å²) in [5, 5.41) is 2.98. The van der Waals surface area contributed by atoms with Gasteiger partial charge in [-0.1, -0.05) is 73.5 Å². The lowest BCUT2D eigenvalue weighted by Gasteiger charge is -2.33. The number of rotatable bonds is 13. The number of amides is 2. The molecule has 4 rings (SSSR count). The van der Waals surface area contributed by atoms with Crippen molar-refractivity contribution in [2.24, 2.45) is 0 Å². The van der Waals surface area contributed by atoms with Crippen LogP contribution in [0.25, 0.3) is 0 Å². The van der Waals surface area contributed by atoms with E-state index in [0.717, 1.165) is 40.1 Å². The second-order valence-corrected chi connectivity index (χ2v) is 12.1. The van der Waals surface area contributed by atoms with Crippen LogP contribution in [-0.4, -0.2) is 57.3 Å². The Hall–Kier alpha value is -4.05. The van der Waals surface area contributed by atoms with Crippen LogP contribution < -0.4 is 19.1 Å². The van der Waals surface area contributed by atoms with E-state index in [2.05, 4.69) is 5.32 Å². The van der Waals surface area contributed by atoms with E-state index in [-0.39, 0.29) is 31.4 Å². The molecular formula is C31H37N3O6S. The van der Waals surface area contributed by atoms with E-state index in [1.54, 1.807) is 18.2 Å². The molecule has 0 aromatic heterocycles. The number of sulfonamides is 1. The molecule has 1 aliphatic heterocycles. The molecule has 1 heterocycles. The number of ether oxygens (including phenoxy) is 2. The van der Waals surface area contributed by atoms with Gasteiger partial charge in [-0.3, -0.25) is 13.9 Å². The number of fused-ring (bicyclic) bond motifs is 1. The predicted molar refractivity (Wildman–Crippen MR) is 158 cm³/mol. The first-order chi connectivity index (χ1) is 19.7. The maximum Gasteiger partial charge on any atom is 0.244 e. The topological polar surface area (TPSA) is 105 Å². The van der Waals surface area contributed by atoms with Crippen LogP contribution in [-0.2, 0) is 32.6 Å². The van der Waals surface area contributed by atoms with Gasteiger partial charge >= 0.3 is 0 Å². The van der Waals surface area contributed by atoms with Crippen molar-refractivity contribution in [3.63, 3.8) is 0 Å². The highest BCUT2D eigenvalue weighted by Gasteiger charge is 2.33. The van der Waals surface area contributed by atoms with Crippen LogP contribution >= 0.6 is 0 Å². The van der Waals surface area contributed by atoms with Gasteiger partial charge in [0.2, 0.25) is 28.6 Å². The summed E-state index contributed by atoms with van der Waals surface area (Å²) in [6, 6.07) is 21.1. The first-order valence-electron chi connectivity index (χ1n) is 13.7. The molecular weight excluding hydrogens is 542 g/mol. The third-order valence-electron chi connectivity index (χ3n) is 6.86. The predicted octanol–water partition coefficient (Wildman–Crippen LogP) is 4.05. The summed E-state index contributed by atoms with van der Waals surface area (Å²) in [4.78, 5) is 29.3. The lowest BCUT2D eigenvalue weighted by atomic mass is 10.0. The first-order valence-corrected chi connectivity index (χ1v) is 15.5. The summed E-state index contributed by atoms with van der Waals surface area (Å²) in [6.07, 6.45) is 3.05. The van der Waals surface area contributed by atoms with Crippen molar-refractivity contribution in [1.29, 1.82) is 0 Å². The molecule has 1 aliphatic rings. The maximum atomic E-state index is 14.1. The molecule has 0 aliphatic carbocycles. The minimum absolute atomic E-state index is 0.0369. The van der Waals surface area contributed by atoms with Gasteiger partial charge in [0.05, 0.1) is 11.9 Å². The summed E-state index contributed by atoms with van der Waals surface area (Å²) in [7, 11) is -3.88. The molecule has 0 saturated heterocycles. The van der Waals surface area contributed by atoms with E-state index in [4.69, 9.17) is 9.47 Å². The van der Waals surface area contributed by atoms with Crippen LogP contribution in [0.2, 0.25) is 0 Å². The van der Waals surface area contributed by atoms with Crippen molar-refractivity contribution in [3.8, 4) is 11.5 Å². The summed E-state index contributed by atoms with van der Waals surface area (Å²) in [6.45, 7) is 4.17. The molecule has 1 N–H and O–H groups in total. The van der Waals surface area contributed by atoms with Gasteiger partial charge in [-0.25, -0.2) is 8.42 Å². The Kier molecular flexibility index (Phi) is 9.88. The number of unbranched alkanes of at least 4 members (excludes halogenated alkanes) is 1. The molecule has 0 saturated carbocycles. The zero-order valence-electron chi connectivity index (χ0n) is 23.7. The quantitative estimate of drug-likeness (QED) is 0.307. The highest BCUT2D eigenvalue weighted by Crippen LogP contribution is 2.36. The Balaban J connectivity index is 1.71. The molecule has 3 aromatic rings. The number of carbonyl (C=O) groups excluding carboxylic acids is 2. The van der Waals surface area contributed by atoms with E-state index in [0.29, 0.717) is 18.0 Å². The molecule has 0 spiro atoms. The molecule has 218 valence electrons. The van der Waals surface area contributed by atoms with Crippen LogP contribution in [0.1, 0.15) is 36.5 Å². The number of nitrogens with zero attached hydrogens (tertiary/aromatic N) is 2. The summed E-state index contributed by atoms with van der Waals surface area (Å²) < 4.78 is 37.8. The molecule has 10 heteroatoms. The van der Waals surface area contributed by atoms with Crippen molar-refractivity contribution in [2.45, 2.75) is 45.7 Å². The summed E-state index contributed by atoms with van der Waals surface area (Å²) in [5.41, 5.74) is 3.01. The van der Waals surface area contributed by atoms with E-state index >= 15 is 0 Å². The highest BCUT2D eigenvalue weighted by atomic mass is 32.2. The first kappa shape index (κ1) is 29.9. The van der Waals surface area contributed by atoms with Crippen molar-refractivity contribution < 1.29 is 27.5 Å². The molecule has 0 bridgehead atoms. The standard InChI is InChI=1S/C31H37N3O6S/c1-4-5-16-32-31(36)27(18-24-11-7-6-8-12-24)33(20-25-13-9-10-23(2)17-25)30(35)21-34(41(3,37)38)26-14-15-28-29(19-26)40-22-39-28/h6-15,17,19,27H,4-5,16,18,20-22H2,1-3H3,(H,32,36)/t27-/m1/s1. The van der Waals surface area contributed by atoms with Crippen molar-refractivity contribution in [1.82, 2.24) is 10.2 Å². The third kappa shape index (κ3) is 8.00. The Labute approximate surface area is 242 Å². The van der Waals surface area contributed by atoms with Gasteiger partial charge in [0.15, 0.2) is 11.5 Å². The van der Waals surface area contributed by atoms with E-state index in [1.165, 1.54) is 4.90 Å². The second-order valence-electron chi connectivity index (χ2n) is 10.2. The number of hydrogen-bond acceptors (Lipinski definition) is 6. The van der Waals surface area contributed by atoms with Gasteiger partial charge in [0, 0.05) is 25.6 Å². The van der Waals surface area contributed by atoms with Gasteiger partial charge in [-0.15, -0.1) is 0 Å². The smallest absolute Gasteiger partial charge is 0.244 e. The summed E-state index contributed by atoms with van der Waals surface area (Å²) in [5.74, 6) is 0.122. The van der Waals surface area contributed by atoms with E-state index < -0.39 is 28.5 Å². The molecule has 3 aromatic carbocycles. The highest BCUT2D eigenvalue weighted by molar-refractivity contribution is 7.92. The Bertz CT molecular complexity index is 1460. The molecule has 0 unspecified atom stereocenters. The number of anilines is 1. The van der Waals surface area contributed by atoms with Gasteiger partial charge < -0.3 is 19.7 Å². The average Bonchev–Trinajstić information content (AvgIpc) is 3.41. The molecule has 41 heavy (non-hydrogen) atoms. The monoisotopic (exact) mass is 579 g/mol. The Morgan fingerprint density at radius 3 is 2.39 bits per heavy atom. The van der Waals surface area contributed by atoms with Crippen LogP contribution in [0.5, 0.6) is 11.5 Å². The summed E-state index contributed by atoms with van der Waals surface area (Å²) >= 11 is 0. The van der Waals surface area contributed by atoms with Gasteiger partial charge in [0.1, 0.15) is 12.6 Å². The molecule has 0 fully saturated rings. The zero-order valence-corrected chi connectivity index (χ0v) is 24.5. The van der Waals surface area contributed by atoms with Crippen molar-refractivity contribution in [3.05, 3.63) is 89.5 Å². The van der Waals surface area contributed by atoms with E-state index in [1.807, 2.05) is 68.4 Å². The largest absolute Gasteiger partial charge is 0.454 e. The van der Waals surface area contributed by atoms with Gasteiger partial charge in [0.25, 0.3) is 0 Å². The van der Waals surface area contributed by atoms with Gasteiger partial charge in [-0.05, 0) is 36.6 Å². The van der Waals surface area contributed by atoms with Gasteiger partial charge in [-0.2, -0.15) is 0 Å². The average molecular weight is 580 g/mol. The van der Waals surface area contributed by atoms with E-state index in [9.17, 15) is 18.0 Å². The molecule has 1 atom stereocenters. The van der Waals surface area contributed by atoms with Crippen molar-refractivity contribution >= 4 is 27.5 Å². The fraction of sp³-hybridized carbons (Fsp3) is 0.355. The number of benzene rings is 3. The number of carbonyl (C=O) groups is 2. The number of aryl methyl sites for hydroxylation is 1. The van der Waals surface area contributed by atoms with Crippen LogP contribution in [0.4, 0.5) is 5.69 Å². The zero-order chi connectivity index (χ0) is 29.4. The van der Waals surface area contributed by atoms with Crippen molar-refractivity contribution in [2.75, 3.05) is 30.4 Å². The molecule has 2 amide bonds. The fourth-order valence-electron chi connectivity index (χ4n) is 4.72. The van der Waals surface area contributed by atoms with Crippen LogP contribution in [0, 0.1) is 6.92 Å². The lowest BCUT2D eigenvalue weighted by Crippen LogP contribution is -2.53. The second kappa shape index (κ2) is 13.5. The molecule has 9 nitrogen and oxygen atoms in total. The Morgan fingerprint density at radius 2 is 1.68 bits per heavy atom. The molecule has 0 radical (unpaired) electrons. The number of hydrogen-bond donors (Lipinski definition) is 1. The minimum atomic E-state index is -3.88. The SMILES string of the molecule is CCCCNC(=O)[C@@H](Cc1ccccc1)N(Cc1cccc(C)c1)C(=O)CN(c1ccc2c(c1)OCO2)S(C)(=O)=O. The minimum Gasteiger partial charge on any atom is -0.454 e. The number of nitrogens with one attached hydrogen (secondary N) is 1. The van der Waals surface area contributed by atoms with Crippen LogP contribution in [0.3, 0.4) is 0 Å². The maximum absolute atomic E-state index is 14.1. The lowest BCUT2D eigenvalue weighted by molar-refractivity contribution is -0.140. The third-order valence-corrected chi connectivity index (χ3v) is 8.00. The Morgan fingerprint density at radius 1 is 0.951 bits per heavy atom. The van der Waals surface area contributed by atoms with Crippen LogP contribution in [0.15, 0.2) is 72.8 Å². The fourth-order valence-corrected chi connectivity index (χ4v) is 5.56.